The summed E-state index contributed by atoms with van der Waals surface area (Å²) in [6.07, 6.45) is 10.1. The van der Waals surface area contributed by atoms with Crippen molar-refractivity contribution in [3.8, 4) is 0 Å². The van der Waals surface area contributed by atoms with Crippen molar-refractivity contribution in [1.82, 2.24) is 5.32 Å². The molecule has 0 saturated heterocycles. The van der Waals surface area contributed by atoms with Crippen molar-refractivity contribution < 1.29 is 0 Å². The topological polar surface area (TPSA) is 12.0 Å². The first-order valence-corrected chi connectivity index (χ1v) is 3.92. The monoisotopic (exact) mass is 151 g/mol. The molecule has 1 nitrogen and oxygen atoms in total. The lowest BCUT2D eigenvalue weighted by Crippen LogP contribution is -2.02. The first kappa shape index (κ1) is 10.0. The van der Waals surface area contributed by atoms with Crippen molar-refractivity contribution in [3.63, 3.8) is 0 Å². The van der Waals surface area contributed by atoms with Crippen LogP contribution in [0.2, 0.25) is 0 Å². The fraction of sp³-hybridized carbons (Fsp3) is 0.400. The highest BCUT2D eigenvalue weighted by Crippen LogP contribution is 1.87. The van der Waals surface area contributed by atoms with Crippen LogP contribution >= 0.6 is 0 Å². The first-order chi connectivity index (χ1) is 5.27. The lowest BCUT2D eigenvalue weighted by atomic mass is 10.3. The van der Waals surface area contributed by atoms with Gasteiger partial charge >= 0.3 is 0 Å². The number of allylic oxidation sites excluding steroid dienone is 4. The Balaban J connectivity index is 3.38. The molecular formula is C10H17N. The second-order valence-electron chi connectivity index (χ2n) is 2.58. The third-order valence-electron chi connectivity index (χ3n) is 1.12. The largest absolute Gasteiger partial charge is 0.387 e. The van der Waals surface area contributed by atoms with Gasteiger partial charge in [0.1, 0.15) is 0 Å². The zero-order chi connectivity index (χ0) is 8.53. The zero-order valence-corrected chi connectivity index (χ0v) is 7.59. The summed E-state index contributed by atoms with van der Waals surface area (Å²) in [4.78, 5) is 0. The van der Waals surface area contributed by atoms with Crippen LogP contribution in [0.5, 0.6) is 0 Å². The minimum atomic E-state index is 0.906. The van der Waals surface area contributed by atoms with Gasteiger partial charge in [0.15, 0.2) is 0 Å². The van der Waals surface area contributed by atoms with Crippen LogP contribution in [-0.2, 0) is 0 Å². The molecule has 0 bridgehead atoms. The van der Waals surface area contributed by atoms with E-state index in [2.05, 4.69) is 31.3 Å². The standard InChI is InChI=1S/C10H17N/c1-4-5-8-11-9-6-7-10(2)3/h4-7,9,11H,8H2,1-3H3/b5-4-,9-6-. The molecule has 0 saturated carbocycles. The van der Waals surface area contributed by atoms with Crippen molar-refractivity contribution in [2.45, 2.75) is 20.8 Å². The Labute approximate surface area is 69.5 Å². The van der Waals surface area contributed by atoms with Crippen molar-refractivity contribution >= 4 is 0 Å². The van der Waals surface area contributed by atoms with Crippen molar-refractivity contribution in [1.29, 1.82) is 0 Å². The Bertz CT molecular complexity index is 160. The van der Waals surface area contributed by atoms with E-state index in [0.717, 1.165) is 6.54 Å². The second-order valence-corrected chi connectivity index (χ2v) is 2.58. The summed E-state index contributed by atoms with van der Waals surface area (Å²) in [6.45, 7) is 7.08. The Morgan fingerprint density at radius 1 is 1.36 bits per heavy atom. The summed E-state index contributed by atoms with van der Waals surface area (Å²) in [7, 11) is 0. The Hall–Kier alpha value is -0.980. The molecule has 0 unspecified atom stereocenters. The van der Waals surface area contributed by atoms with Crippen LogP contribution in [0.1, 0.15) is 20.8 Å². The molecule has 0 heterocycles. The van der Waals surface area contributed by atoms with Crippen LogP contribution in [0.4, 0.5) is 0 Å². The van der Waals surface area contributed by atoms with Gasteiger partial charge in [-0.1, -0.05) is 23.8 Å². The molecule has 0 rings (SSSR count). The predicted molar refractivity (Wildman–Crippen MR) is 51.4 cm³/mol. The summed E-state index contributed by atoms with van der Waals surface area (Å²) in [5.74, 6) is 0. The molecule has 0 aromatic carbocycles. The molecular weight excluding hydrogens is 134 g/mol. The lowest BCUT2D eigenvalue weighted by molar-refractivity contribution is 0.984. The molecule has 0 aromatic rings. The van der Waals surface area contributed by atoms with Crippen molar-refractivity contribution in [2.75, 3.05) is 6.54 Å². The van der Waals surface area contributed by atoms with E-state index in [1.54, 1.807) is 0 Å². The minimum absolute atomic E-state index is 0.906. The average Bonchev–Trinajstić information content (AvgIpc) is 1.96. The van der Waals surface area contributed by atoms with Crippen LogP contribution in [0.3, 0.4) is 0 Å². The molecule has 0 atom stereocenters. The first-order valence-electron chi connectivity index (χ1n) is 3.92. The van der Waals surface area contributed by atoms with E-state index in [1.165, 1.54) is 5.57 Å². The van der Waals surface area contributed by atoms with E-state index in [-0.39, 0.29) is 0 Å². The number of nitrogens with one attached hydrogen (secondary N) is 1. The second kappa shape index (κ2) is 7.13. The van der Waals surface area contributed by atoms with Gasteiger partial charge in [0, 0.05) is 6.54 Å². The Kier molecular flexibility index (Phi) is 6.50. The van der Waals surface area contributed by atoms with Crippen LogP contribution in [0.15, 0.2) is 36.1 Å². The number of hydrogen-bond donors (Lipinski definition) is 1. The minimum Gasteiger partial charge on any atom is -0.387 e. The van der Waals surface area contributed by atoms with Gasteiger partial charge in [-0.2, -0.15) is 0 Å². The van der Waals surface area contributed by atoms with E-state index >= 15 is 0 Å². The highest BCUT2D eigenvalue weighted by molar-refractivity contribution is 5.07. The maximum absolute atomic E-state index is 3.13. The molecule has 0 spiro atoms. The third-order valence-corrected chi connectivity index (χ3v) is 1.12. The average molecular weight is 151 g/mol. The van der Waals surface area contributed by atoms with Gasteiger partial charge in [0.05, 0.1) is 0 Å². The third kappa shape index (κ3) is 9.02. The molecule has 0 aromatic heterocycles. The highest BCUT2D eigenvalue weighted by atomic mass is 14.8. The highest BCUT2D eigenvalue weighted by Gasteiger charge is 1.71. The lowest BCUT2D eigenvalue weighted by Gasteiger charge is -1.90. The number of rotatable bonds is 4. The van der Waals surface area contributed by atoms with E-state index in [0.29, 0.717) is 0 Å². The molecule has 1 heteroatoms. The van der Waals surface area contributed by atoms with Gasteiger partial charge in [-0.25, -0.2) is 0 Å². The molecule has 0 amide bonds. The van der Waals surface area contributed by atoms with Gasteiger partial charge in [-0.3, -0.25) is 0 Å². The molecule has 0 aliphatic heterocycles. The summed E-state index contributed by atoms with van der Waals surface area (Å²) in [6, 6.07) is 0. The molecule has 0 aliphatic rings. The van der Waals surface area contributed by atoms with E-state index in [9.17, 15) is 0 Å². The van der Waals surface area contributed by atoms with E-state index < -0.39 is 0 Å². The van der Waals surface area contributed by atoms with Crippen molar-refractivity contribution in [3.05, 3.63) is 36.1 Å². The predicted octanol–water partition coefficient (Wildman–Crippen LogP) is 2.63. The Morgan fingerprint density at radius 2 is 2.09 bits per heavy atom. The van der Waals surface area contributed by atoms with Gasteiger partial charge < -0.3 is 5.32 Å². The zero-order valence-electron chi connectivity index (χ0n) is 7.59. The summed E-state index contributed by atoms with van der Waals surface area (Å²) in [5, 5.41) is 3.13. The normalized spacial score (nSPS) is 10.8. The van der Waals surface area contributed by atoms with Gasteiger partial charge in [0.25, 0.3) is 0 Å². The quantitative estimate of drug-likeness (QED) is 0.370. The van der Waals surface area contributed by atoms with Gasteiger partial charge in [0.2, 0.25) is 0 Å². The SMILES string of the molecule is C/C=C\CN/C=C\C=C(C)C. The van der Waals surface area contributed by atoms with Crippen LogP contribution < -0.4 is 5.32 Å². The Morgan fingerprint density at radius 3 is 2.64 bits per heavy atom. The summed E-state index contributed by atoms with van der Waals surface area (Å²) < 4.78 is 0. The molecule has 0 aliphatic carbocycles. The summed E-state index contributed by atoms with van der Waals surface area (Å²) in [5.41, 5.74) is 1.31. The van der Waals surface area contributed by atoms with Crippen LogP contribution in [0.25, 0.3) is 0 Å². The summed E-state index contributed by atoms with van der Waals surface area (Å²) >= 11 is 0. The number of hydrogen-bond acceptors (Lipinski definition) is 1. The maximum atomic E-state index is 3.13. The van der Waals surface area contributed by atoms with Gasteiger partial charge in [-0.15, -0.1) is 0 Å². The van der Waals surface area contributed by atoms with E-state index in [1.807, 2.05) is 25.3 Å². The molecule has 0 fully saturated rings. The fourth-order valence-electron chi connectivity index (χ4n) is 0.563. The fourth-order valence-corrected chi connectivity index (χ4v) is 0.563. The molecule has 11 heavy (non-hydrogen) atoms. The maximum Gasteiger partial charge on any atom is 0.0325 e. The molecule has 62 valence electrons. The molecule has 1 N–H and O–H groups in total. The van der Waals surface area contributed by atoms with Crippen molar-refractivity contribution in [2.24, 2.45) is 0 Å². The molecule has 0 radical (unpaired) electrons. The smallest absolute Gasteiger partial charge is 0.0325 e. The van der Waals surface area contributed by atoms with Crippen LogP contribution in [0, 0.1) is 0 Å². The van der Waals surface area contributed by atoms with Crippen LogP contribution in [-0.4, -0.2) is 6.54 Å². The van der Waals surface area contributed by atoms with E-state index in [4.69, 9.17) is 0 Å². The van der Waals surface area contributed by atoms with Gasteiger partial charge in [-0.05, 0) is 33.0 Å².